The van der Waals surface area contributed by atoms with E-state index in [4.69, 9.17) is 27.9 Å². The van der Waals surface area contributed by atoms with Crippen molar-refractivity contribution in [3.63, 3.8) is 0 Å². The van der Waals surface area contributed by atoms with Gasteiger partial charge in [0.2, 0.25) is 5.91 Å². The summed E-state index contributed by atoms with van der Waals surface area (Å²) in [5.41, 5.74) is 0.933. The van der Waals surface area contributed by atoms with E-state index in [9.17, 15) is 9.59 Å². The summed E-state index contributed by atoms with van der Waals surface area (Å²) in [5.74, 6) is -0.00337. The van der Waals surface area contributed by atoms with Gasteiger partial charge in [-0.1, -0.05) is 41.4 Å². The Bertz CT molecular complexity index is 822. The molecule has 2 aromatic carbocycles. The molecule has 0 bridgehead atoms. The summed E-state index contributed by atoms with van der Waals surface area (Å²) < 4.78 is 5.51. The Kier molecular flexibility index (Phi) is 6.01. The fourth-order valence-corrected chi connectivity index (χ4v) is 2.69. The third kappa shape index (κ3) is 4.90. The van der Waals surface area contributed by atoms with Gasteiger partial charge in [-0.2, -0.15) is 0 Å². The van der Waals surface area contributed by atoms with Crippen molar-refractivity contribution in [2.45, 2.75) is 25.3 Å². The third-order valence-corrected chi connectivity index (χ3v) is 4.66. The number of hydrogen-bond donors (Lipinski definition) is 2. The molecule has 1 saturated carbocycles. The summed E-state index contributed by atoms with van der Waals surface area (Å²) in [5, 5.41) is 6.39. The summed E-state index contributed by atoms with van der Waals surface area (Å²) in [4.78, 5) is 24.4. The van der Waals surface area contributed by atoms with Crippen LogP contribution < -0.4 is 15.4 Å². The summed E-state index contributed by atoms with van der Waals surface area (Å²) >= 11 is 12.0. The SMILES string of the molecule is O=C(CCOc1cccc(Cl)c1Cl)Nc1ccccc1C(=O)NC1CC1. The molecule has 0 spiro atoms. The first-order valence-corrected chi connectivity index (χ1v) is 9.07. The molecule has 1 aliphatic rings. The average Bonchev–Trinajstić information content (AvgIpc) is 3.43. The van der Waals surface area contributed by atoms with Crippen LogP contribution in [0.25, 0.3) is 0 Å². The van der Waals surface area contributed by atoms with Gasteiger partial charge in [0, 0.05) is 6.04 Å². The molecule has 2 aromatic rings. The van der Waals surface area contributed by atoms with E-state index in [0.29, 0.717) is 27.0 Å². The van der Waals surface area contributed by atoms with E-state index in [1.807, 2.05) is 0 Å². The van der Waals surface area contributed by atoms with E-state index < -0.39 is 0 Å². The maximum Gasteiger partial charge on any atom is 0.253 e. The van der Waals surface area contributed by atoms with E-state index in [1.165, 1.54) is 0 Å². The van der Waals surface area contributed by atoms with Gasteiger partial charge in [-0.3, -0.25) is 9.59 Å². The zero-order chi connectivity index (χ0) is 18.5. The summed E-state index contributed by atoms with van der Waals surface area (Å²) in [7, 11) is 0. The standard InChI is InChI=1S/C19H18Cl2N2O3/c20-14-5-3-7-16(18(14)21)26-11-10-17(24)23-15-6-2-1-4-13(15)19(25)22-12-8-9-12/h1-7,12H,8-11H2,(H,22,25)(H,23,24). The van der Waals surface area contributed by atoms with E-state index in [1.54, 1.807) is 42.5 Å². The van der Waals surface area contributed by atoms with Crippen LogP contribution in [-0.4, -0.2) is 24.5 Å². The summed E-state index contributed by atoms with van der Waals surface area (Å²) in [6, 6.07) is 12.2. The Morgan fingerprint density at radius 3 is 2.62 bits per heavy atom. The first kappa shape index (κ1) is 18.5. The van der Waals surface area contributed by atoms with E-state index in [0.717, 1.165) is 12.8 Å². The highest BCUT2D eigenvalue weighted by molar-refractivity contribution is 6.42. The van der Waals surface area contributed by atoms with Gasteiger partial charge in [-0.15, -0.1) is 0 Å². The van der Waals surface area contributed by atoms with E-state index in [-0.39, 0.29) is 30.9 Å². The number of nitrogens with one attached hydrogen (secondary N) is 2. The zero-order valence-corrected chi connectivity index (χ0v) is 15.4. The topological polar surface area (TPSA) is 67.4 Å². The Labute approximate surface area is 161 Å². The predicted molar refractivity (Wildman–Crippen MR) is 102 cm³/mol. The summed E-state index contributed by atoms with van der Waals surface area (Å²) in [6.07, 6.45) is 2.12. The number of hydrogen-bond acceptors (Lipinski definition) is 3. The molecular weight excluding hydrogens is 375 g/mol. The lowest BCUT2D eigenvalue weighted by molar-refractivity contribution is -0.116. The first-order valence-electron chi connectivity index (χ1n) is 8.31. The van der Waals surface area contributed by atoms with Gasteiger partial charge < -0.3 is 15.4 Å². The highest BCUT2D eigenvalue weighted by Crippen LogP contribution is 2.31. The second-order valence-electron chi connectivity index (χ2n) is 5.99. The maximum atomic E-state index is 12.3. The molecule has 26 heavy (non-hydrogen) atoms. The molecule has 136 valence electrons. The van der Waals surface area contributed by atoms with Gasteiger partial charge in [0.05, 0.1) is 29.3 Å². The highest BCUT2D eigenvalue weighted by atomic mass is 35.5. The smallest absolute Gasteiger partial charge is 0.253 e. The van der Waals surface area contributed by atoms with E-state index >= 15 is 0 Å². The molecule has 0 radical (unpaired) electrons. The van der Waals surface area contributed by atoms with Crippen LogP contribution in [0.2, 0.25) is 10.0 Å². The van der Waals surface area contributed by atoms with Crippen LogP contribution in [0.1, 0.15) is 29.6 Å². The van der Waals surface area contributed by atoms with Gasteiger partial charge in [0.25, 0.3) is 5.91 Å². The van der Waals surface area contributed by atoms with Gasteiger partial charge in [0.1, 0.15) is 10.8 Å². The number of rotatable bonds is 7. The molecule has 5 nitrogen and oxygen atoms in total. The van der Waals surface area contributed by atoms with Crippen LogP contribution in [0.3, 0.4) is 0 Å². The lowest BCUT2D eigenvalue weighted by Gasteiger charge is -2.12. The van der Waals surface area contributed by atoms with Crippen molar-refractivity contribution in [3.05, 3.63) is 58.1 Å². The monoisotopic (exact) mass is 392 g/mol. The van der Waals surface area contributed by atoms with E-state index in [2.05, 4.69) is 10.6 Å². The molecule has 7 heteroatoms. The Morgan fingerprint density at radius 1 is 1.08 bits per heavy atom. The fourth-order valence-electron chi connectivity index (χ4n) is 2.34. The number of amides is 2. The van der Waals surface area contributed by atoms with Crippen molar-refractivity contribution in [1.82, 2.24) is 5.32 Å². The highest BCUT2D eigenvalue weighted by Gasteiger charge is 2.25. The first-order chi connectivity index (χ1) is 12.5. The molecule has 0 unspecified atom stereocenters. The van der Waals surface area contributed by atoms with Crippen molar-refractivity contribution < 1.29 is 14.3 Å². The minimum Gasteiger partial charge on any atom is -0.491 e. The number of carbonyl (C=O) groups is 2. The second-order valence-corrected chi connectivity index (χ2v) is 6.78. The maximum absolute atomic E-state index is 12.3. The molecule has 1 fully saturated rings. The van der Waals surface area contributed by atoms with Crippen molar-refractivity contribution >= 4 is 40.7 Å². The average molecular weight is 393 g/mol. The van der Waals surface area contributed by atoms with Crippen molar-refractivity contribution in [1.29, 1.82) is 0 Å². The lowest BCUT2D eigenvalue weighted by atomic mass is 10.1. The quantitative estimate of drug-likeness (QED) is 0.738. The van der Waals surface area contributed by atoms with Crippen LogP contribution >= 0.6 is 23.2 Å². The van der Waals surface area contributed by atoms with Crippen molar-refractivity contribution in [2.75, 3.05) is 11.9 Å². The molecule has 3 rings (SSSR count). The number of anilines is 1. The van der Waals surface area contributed by atoms with Crippen molar-refractivity contribution in [2.24, 2.45) is 0 Å². The van der Waals surface area contributed by atoms with Gasteiger partial charge in [-0.25, -0.2) is 0 Å². The van der Waals surface area contributed by atoms with Crippen LogP contribution in [0, 0.1) is 0 Å². The third-order valence-electron chi connectivity index (χ3n) is 3.86. The van der Waals surface area contributed by atoms with Gasteiger partial charge >= 0.3 is 0 Å². The Morgan fingerprint density at radius 2 is 1.85 bits per heavy atom. The number of halogens is 2. The number of carbonyl (C=O) groups excluding carboxylic acids is 2. The summed E-state index contributed by atoms with van der Waals surface area (Å²) in [6.45, 7) is 0.141. The minimum atomic E-state index is -0.255. The number of benzene rings is 2. The molecule has 0 aromatic heterocycles. The van der Waals surface area contributed by atoms with Gasteiger partial charge in [0.15, 0.2) is 0 Å². The zero-order valence-electron chi connectivity index (χ0n) is 13.9. The van der Waals surface area contributed by atoms with Crippen molar-refractivity contribution in [3.8, 4) is 5.75 Å². The minimum absolute atomic E-state index is 0.113. The van der Waals surface area contributed by atoms with Gasteiger partial charge in [-0.05, 0) is 37.1 Å². The van der Waals surface area contributed by atoms with Crippen LogP contribution in [-0.2, 0) is 4.79 Å². The lowest BCUT2D eigenvalue weighted by Crippen LogP contribution is -2.27. The Balaban J connectivity index is 1.55. The molecular formula is C19H18Cl2N2O3. The predicted octanol–water partition coefficient (Wildman–Crippen LogP) is 4.29. The molecule has 2 N–H and O–H groups in total. The van der Waals surface area contributed by atoms with Crippen LogP contribution in [0.15, 0.2) is 42.5 Å². The van der Waals surface area contributed by atoms with Crippen LogP contribution in [0.5, 0.6) is 5.75 Å². The molecule has 2 amide bonds. The molecule has 0 heterocycles. The molecule has 0 saturated heterocycles. The normalized spacial score (nSPS) is 13.2. The van der Waals surface area contributed by atoms with Crippen LogP contribution in [0.4, 0.5) is 5.69 Å². The molecule has 0 atom stereocenters. The molecule has 1 aliphatic carbocycles. The molecule has 0 aliphatic heterocycles. The largest absolute Gasteiger partial charge is 0.491 e. The number of ether oxygens (including phenoxy) is 1. The number of para-hydroxylation sites is 1. The second kappa shape index (κ2) is 8.43. The fraction of sp³-hybridized carbons (Fsp3) is 0.263. The Hall–Kier alpha value is -2.24.